The third kappa shape index (κ3) is 13.4. The SMILES string of the molecule is C=C(C)C(=O)OC1(C23CC4CC(CC(C4)C2)C3)CCCC1.C=C(C)C(=O)OC1(CC)CCCC1.C=C(C)C(=O)OC12CC3CC(CC(O)(C3)C1)C2.C=C(C)C(=O)OC1CC2OC1C1C(=O)OCC21.C=C(C)C(=O)OC1CCOC1=O. The highest BCUT2D eigenvalue weighted by atomic mass is 16.6. The predicted octanol–water partition coefficient (Wildman–Crippen LogP) is 10.5. The minimum Gasteiger partial charge on any atom is -0.465 e. The topological polar surface area (TPSA) is 214 Å². The largest absolute Gasteiger partial charge is 0.465 e. The van der Waals surface area contributed by atoms with Crippen molar-refractivity contribution < 1.29 is 76.6 Å². The van der Waals surface area contributed by atoms with E-state index in [1.54, 1.807) is 27.7 Å². The minimum absolute atomic E-state index is 0.0145. The maximum absolute atomic E-state index is 12.3. The lowest BCUT2D eigenvalue weighted by Gasteiger charge is -2.62. The number of ether oxygens (including phenoxy) is 8. The van der Waals surface area contributed by atoms with Gasteiger partial charge in [-0.2, -0.15) is 0 Å². The van der Waals surface area contributed by atoms with Crippen LogP contribution in [0.2, 0.25) is 0 Å². The molecule has 80 heavy (non-hydrogen) atoms. The molecular formula is C64H90O16. The van der Waals surface area contributed by atoms with Crippen LogP contribution < -0.4 is 0 Å². The van der Waals surface area contributed by atoms with Crippen LogP contribution in [0.3, 0.4) is 0 Å². The van der Waals surface area contributed by atoms with Crippen LogP contribution in [0.4, 0.5) is 0 Å². The zero-order valence-corrected chi connectivity index (χ0v) is 48.6. The average molecular weight is 1120 g/mol. The first-order valence-electron chi connectivity index (χ1n) is 29.8. The van der Waals surface area contributed by atoms with Gasteiger partial charge >= 0.3 is 41.8 Å². The summed E-state index contributed by atoms with van der Waals surface area (Å²) in [7, 11) is 0. The number of rotatable bonds is 12. The van der Waals surface area contributed by atoms with Crippen LogP contribution in [0.1, 0.15) is 189 Å². The number of hydrogen-bond donors (Lipinski definition) is 1. The molecule has 4 saturated heterocycles. The Morgan fingerprint density at radius 1 is 0.575 bits per heavy atom. The lowest BCUT2D eigenvalue weighted by Crippen LogP contribution is -2.60. The van der Waals surface area contributed by atoms with E-state index in [4.69, 9.17) is 33.2 Å². The molecule has 0 spiro atoms. The normalized spacial score (nSPS) is 36.7. The molecule has 8 atom stereocenters. The first-order chi connectivity index (χ1) is 37.7. The van der Waals surface area contributed by atoms with E-state index in [0.29, 0.717) is 72.0 Å². The number of esters is 7. The Morgan fingerprint density at radius 2 is 1.06 bits per heavy atom. The monoisotopic (exact) mass is 1110 g/mol. The molecular weight excluding hydrogens is 1020 g/mol. The maximum atomic E-state index is 12.3. The molecule has 0 radical (unpaired) electrons. The number of cyclic esters (lactones) is 2. The Balaban J connectivity index is 0.000000133. The molecule has 14 aliphatic rings. The molecule has 442 valence electrons. The average Bonchev–Trinajstić information content (AvgIpc) is 4.00. The number of hydrogen-bond acceptors (Lipinski definition) is 16. The Hall–Kier alpha value is -5.09. The molecule has 4 heterocycles. The predicted molar refractivity (Wildman–Crippen MR) is 295 cm³/mol. The van der Waals surface area contributed by atoms with Crippen LogP contribution in [0.25, 0.3) is 0 Å². The Labute approximate surface area is 473 Å². The van der Waals surface area contributed by atoms with Crippen LogP contribution in [-0.4, -0.2) is 107 Å². The summed E-state index contributed by atoms with van der Waals surface area (Å²) in [6.45, 7) is 29.1. The molecule has 1 N–H and O–H groups in total. The van der Waals surface area contributed by atoms with Crippen molar-refractivity contribution in [3.63, 3.8) is 0 Å². The summed E-state index contributed by atoms with van der Waals surface area (Å²) in [5, 5.41) is 10.5. The maximum Gasteiger partial charge on any atom is 0.347 e. The summed E-state index contributed by atoms with van der Waals surface area (Å²) in [6, 6.07) is 0. The molecule has 10 saturated carbocycles. The van der Waals surface area contributed by atoms with Crippen LogP contribution in [-0.2, 0) is 71.5 Å². The number of aliphatic hydroxyl groups is 1. The Morgan fingerprint density at radius 3 is 1.55 bits per heavy atom. The van der Waals surface area contributed by atoms with Gasteiger partial charge in [0.1, 0.15) is 29.0 Å². The molecule has 8 unspecified atom stereocenters. The molecule has 10 aliphatic carbocycles. The van der Waals surface area contributed by atoms with E-state index < -0.39 is 35.2 Å². The fourth-order valence-corrected chi connectivity index (χ4v) is 16.7. The van der Waals surface area contributed by atoms with Gasteiger partial charge in [0.2, 0.25) is 6.10 Å². The fourth-order valence-electron chi connectivity index (χ4n) is 16.7. The molecule has 16 nitrogen and oxygen atoms in total. The van der Waals surface area contributed by atoms with Crippen molar-refractivity contribution >= 4 is 41.8 Å². The standard InChI is InChI=1S/C19H28O2.C14H20O3.C12H14O5.C11H18O2.C8H10O4/c1-13(2)17(20)21-19(5-3-4-6-19)18-10-14-7-15(11-18)9-16(8-14)12-18;1-9(2)12(15)17-14-6-10-3-11(7-14)5-13(16,4-10)8-14;1-5(2)11(13)17-8-3-7-6-4-15-12(14)9(6)10(8)16-7;1-4-11(7-5-6-8-11)13-10(12)9(2)3;1-5(2)7(9)12-6-3-4-11-8(6)10/h14-16H,1,3-12H2,2H3;10-11,16H,1,3-8H2,2H3;6-10H,1,3-4H2,2H3;2,4-8H2,1,3H3;6H,1,3-4H2,2H3. The third-order valence-corrected chi connectivity index (χ3v) is 19.7. The molecule has 10 bridgehead atoms. The van der Waals surface area contributed by atoms with Crippen LogP contribution >= 0.6 is 0 Å². The van der Waals surface area contributed by atoms with Gasteiger partial charge in [-0.3, -0.25) is 4.79 Å². The first kappa shape index (κ1) is 61.0. The van der Waals surface area contributed by atoms with E-state index in [1.807, 2.05) is 0 Å². The van der Waals surface area contributed by atoms with Crippen molar-refractivity contribution in [2.45, 2.75) is 236 Å². The summed E-state index contributed by atoms with van der Waals surface area (Å²) in [6.07, 6.45) is 23.5. The lowest BCUT2D eigenvalue weighted by molar-refractivity contribution is -0.217. The van der Waals surface area contributed by atoms with Gasteiger partial charge in [-0.15, -0.1) is 0 Å². The van der Waals surface area contributed by atoms with E-state index >= 15 is 0 Å². The molecule has 14 rings (SSSR count). The first-order valence-corrected chi connectivity index (χ1v) is 29.8. The van der Waals surface area contributed by atoms with Gasteiger partial charge in [-0.25, -0.2) is 28.8 Å². The van der Waals surface area contributed by atoms with Crippen molar-refractivity contribution in [1.82, 2.24) is 0 Å². The van der Waals surface area contributed by atoms with Crippen LogP contribution in [0.5, 0.6) is 0 Å². The summed E-state index contributed by atoms with van der Waals surface area (Å²) in [5.74, 6) is 1.39. The van der Waals surface area contributed by atoms with Gasteiger partial charge in [-0.1, -0.05) is 39.8 Å². The highest BCUT2D eigenvalue weighted by Gasteiger charge is 2.64. The van der Waals surface area contributed by atoms with Crippen molar-refractivity contribution in [2.24, 2.45) is 46.8 Å². The Bertz CT molecular complexity index is 2420. The Kier molecular flexibility index (Phi) is 18.6. The number of fused-ring (bicyclic) bond motifs is 5. The molecule has 0 amide bonds. The van der Waals surface area contributed by atoms with Gasteiger partial charge in [0.05, 0.1) is 30.8 Å². The molecule has 16 heteroatoms. The van der Waals surface area contributed by atoms with E-state index in [0.717, 1.165) is 75.5 Å². The second-order valence-electron chi connectivity index (χ2n) is 26.6. The van der Waals surface area contributed by atoms with E-state index in [9.17, 15) is 38.7 Å². The van der Waals surface area contributed by atoms with E-state index in [-0.39, 0.29) is 70.8 Å². The highest BCUT2D eigenvalue weighted by Crippen LogP contribution is 2.67. The van der Waals surface area contributed by atoms with Gasteiger partial charge in [0.25, 0.3) is 0 Å². The number of carbonyl (C=O) groups excluding carboxylic acids is 7. The summed E-state index contributed by atoms with van der Waals surface area (Å²) >= 11 is 0. The molecule has 4 aliphatic heterocycles. The van der Waals surface area contributed by atoms with Crippen LogP contribution in [0, 0.1) is 46.8 Å². The molecule has 0 aromatic carbocycles. The second-order valence-corrected chi connectivity index (χ2v) is 26.6. The summed E-state index contributed by atoms with van der Waals surface area (Å²) in [5.41, 5.74) is 1.18. The van der Waals surface area contributed by atoms with Crippen molar-refractivity contribution in [2.75, 3.05) is 13.2 Å². The fraction of sp³-hybridized carbons (Fsp3) is 0.734. The quantitative estimate of drug-likeness (QED) is 0.109. The summed E-state index contributed by atoms with van der Waals surface area (Å²) < 4.78 is 42.7. The number of carbonyl (C=O) groups is 7. The molecule has 0 aromatic rings. The second kappa shape index (κ2) is 24.4. The summed E-state index contributed by atoms with van der Waals surface area (Å²) in [4.78, 5) is 80.1. The van der Waals surface area contributed by atoms with E-state index in [2.05, 4.69) is 44.6 Å². The van der Waals surface area contributed by atoms with Gasteiger partial charge in [-0.05, 0) is 193 Å². The molecule has 14 fully saturated rings. The van der Waals surface area contributed by atoms with Crippen molar-refractivity contribution in [3.8, 4) is 0 Å². The van der Waals surface area contributed by atoms with Crippen molar-refractivity contribution in [3.05, 3.63) is 60.8 Å². The smallest absolute Gasteiger partial charge is 0.347 e. The van der Waals surface area contributed by atoms with Gasteiger partial charge in [0.15, 0.2) is 0 Å². The minimum atomic E-state index is -0.728. The molecule has 0 aromatic heterocycles. The zero-order valence-electron chi connectivity index (χ0n) is 48.6. The lowest BCUT2D eigenvalue weighted by atomic mass is 9.45. The highest BCUT2D eigenvalue weighted by molar-refractivity contribution is 5.90. The van der Waals surface area contributed by atoms with Gasteiger partial charge < -0.3 is 43.0 Å². The zero-order chi connectivity index (χ0) is 58.1. The van der Waals surface area contributed by atoms with E-state index in [1.165, 1.54) is 77.6 Å². The van der Waals surface area contributed by atoms with Crippen LogP contribution in [0.15, 0.2) is 60.8 Å². The third-order valence-electron chi connectivity index (χ3n) is 19.7. The van der Waals surface area contributed by atoms with Gasteiger partial charge in [0, 0.05) is 58.5 Å². The van der Waals surface area contributed by atoms with Crippen molar-refractivity contribution in [1.29, 1.82) is 0 Å².